The molecule has 3 nitrogen and oxygen atoms in total. The van der Waals surface area contributed by atoms with Crippen LogP contribution in [-0.4, -0.2) is 22.6 Å². The van der Waals surface area contributed by atoms with Crippen LogP contribution in [0.4, 0.5) is 0 Å². The Kier molecular flexibility index (Phi) is 4.33. The Hall–Kier alpha value is -0.830. The zero-order valence-electron chi connectivity index (χ0n) is 10.3. The van der Waals surface area contributed by atoms with Crippen LogP contribution in [0.25, 0.3) is 0 Å². The Morgan fingerprint density at radius 1 is 1.47 bits per heavy atom. The Morgan fingerprint density at radius 3 is 2.67 bits per heavy atom. The molecule has 1 aromatic heterocycles. The van der Waals surface area contributed by atoms with E-state index in [1.807, 2.05) is 12.4 Å². The van der Waals surface area contributed by atoms with E-state index in [2.05, 4.69) is 43.0 Å². The van der Waals surface area contributed by atoms with Crippen molar-refractivity contribution in [3.63, 3.8) is 0 Å². The number of hydrogen-bond acceptors (Lipinski definition) is 2. The molecule has 0 saturated carbocycles. The van der Waals surface area contributed by atoms with Crippen LogP contribution in [-0.2, 0) is 6.42 Å². The second-order valence-electron chi connectivity index (χ2n) is 5.11. The zero-order valence-corrected chi connectivity index (χ0v) is 10.3. The van der Waals surface area contributed by atoms with Gasteiger partial charge < -0.3 is 10.3 Å². The summed E-state index contributed by atoms with van der Waals surface area (Å²) in [5.41, 5.74) is 0.266. The van der Waals surface area contributed by atoms with E-state index in [1.165, 1.54) is 6.42 Å². The first-order chi connectivity index (χ1) is 7.04. The van der Waals surface area contributed by atoms with E-state index in [9.17, 15) is 0 Å². The second kappa shape index (κ2) is 5.31. The fourth-order valence-electron chi connectivity index (χ4n) is 1.61. The zero-order chi connectivity index (χ0) is 11.3. The van der Waals surface area contributed by atoms with Gasteiger partial charge in [-0.2, -0.15) is 0 Å². The SMILES string of the molecule is CCCNC(Cc1ncc[nH]1)C(C)(C)C. The summed E-state index contributed by atoms with van der Waals surface area (Å²) in [6, 6.07) is 0.476. The molecular weight excluding hydrogens is 186 g/mol. The number of imidazole rings is 1. The number of hydrogen-bond donors (Lipinski definition) is 2. The van der Waals surface area contributed by atoms with Gasteiger partial charge in [-0.1, -0.05) is 27.7 Å². The Bertz CT molecular complexity index is 259. The highest BCUT2D eigenvalue weighted by atomic mass is 15.0. The first kappa shape index (κ1) is 12.2. The van der Waals surface area contributed by atoms with Crippen LogP contribution in [0.2, 0.25) is 0 Å². The van der Waals surface area contributed by atoms with Crippen LogP contribution in [0, 0.1) is 5.41 Å². The molecule has 0 saturated heterocycles. The molecule has 0 aromatic carbocycles. The maximum atomic E-state index is 4.28. The summed E-state index contributed by atoms with van der Waals surface area (Å²) >= 11 is 0. The van der Waals surface area contributed by atoms with Gasteiger partial charge in [0.1, 0.15) is 5.82 Å². The van der Waals surface area contributed by atoms with Crippen molar-refractivity contribution in [2.45, 2.75) is 46.6 Å². The quantitative estimate of drug-likeness (QED) is 0.781. The number of aromatic amines is 1. The van der Waals surface area contributed by atoms with E-state index in [1.54, 1.807) is 0 Å². The Morgan fingerprint density at radius 2 is 2.20 bits per heavy atom. The van der Waals surface area contributed by atoms with Gasteiger partial charge in [-0.15, -0.1) is 0 Å². The van der Waals surface area contributed by atoms with Gasteiger partial charge in [0.2, 0.25) is 0 Å². The molecule has 1 atom stereocenters. The van der Waals surface area contributed by atoms with Crippen molar-refractivity contribution in [2.24, 2.45) is 5.41 Å². The first-order valence-corrected chi connectivity index (χ1v) is 5.75. The maximum absolute atomic E-state index is 4.28. The van der Waals surface area contributed by atoms with E-state index in [0.29, 0.717) is 6.04 Å². The smallest absolute Gasteiger partial charge is 0.107 e. The molecule has 0 radical (unpaired) electrons. The molecule has 3 heteroatoms. The number of H-pyrrole nitrogens is 1. The lowest BCUT2D eigenvalue weighted by Gasteiger charge is -2.31. The van der Waals surface area contributed by atoms with Crippen LogP contribution in [0.1, 0.15) is 39.9 Å². The molecule has 0 amide bonds. The highest BCUT2D eigenvalue weighted by Crippen LogP contribution is 2.21. The lowest BCUT2D eigenvalue weighted by molar-refractivity contribution is 0.264. The van der Waals surface area contributed by atoms with Gasteiger partial charge in [0.25, 0.3) is 0 Å². The number of nitrogens with one attached hydrogen (secondary N) is 2. The molecule has 0 aliphatic heterocycles. The minimum absolute atomic E-state index is 0.266. The molecule has 86 valence electrons. The predicted octanol–water partition coefficient (Wildman–Crippen LogP) is 2.37. The van der Waals surface area contributed by atoms with Gasteiger partial charge in [0, 0.05) is 24.9 Å². The third-order valence-corrected chi connectivity index (χ3v) is 2.64. The van der Waals surface area contributed by atoms with Crippen molar-refractivity contribution in [3.8, 4) is 0 Å². The number of aromatic nitrogens is 2. The summed E-state index contributed by atoms with van der Waals surface area (Å²) in [5, 5.41) is 3.59. The second-order valence-corrected chi connectivity index (χ2v) is 5.11. The van der Waals surface area contributed by atoms with Crippen molar-refractivity contribution >= 4 is 0 Å². The van der Waals surface area contributed by atoms with Crippen molar-refractivity contribution in [3.05, 3.63) is 18.2 Å². The van der Waals surface area contributed by atoms with E-state index in [4.69, 9.17) is 0 Å². The maximum Gasteiger partial charge on any atom is 0.107 e. The number of nitrogens with zero attached hydrogens (tertiary/aromatic N) is 1. The van der Waals surface area contributed by atoms with Gasteiger partial charge in [0.05, 0.1) is 0 Å². The molecule has 1 unspecified atom stereocenters. The molecule has 2 N–H and O–H groups in total. The summed E-state index contributed by atoms with van der Waals surface area (Å²) in [4.78, 5) is 7.45. The Balaban J connectivity index is 2.57. The predicted molar refractivity (Wildman–Crippen MR) is 63.8 cm³/mol. The standard InChI is InChI=1S/C12H23N3/c1-5-6-13-10(12(2,3)4)9-11-14-7-8-15-11/h7-8,10,13H,5-6,9H2,1-4H3,(H,14,15). The molecule has 0 spiro atoms. The minimum Gasteiger partial charge on any atom is -0.349 e. The third kappa shape index (κ3) is 4.04. The normalized spacial score (nSPS) is 14.1. The van der Waals surface area contributed by atoms with Gasteiger partial charge in [-0.05, 0) is 18.4 Å². The average molecular weight is 209 g/mol. The lowest BCUT2D eigenvalue weighted by Crippen LogP contribution is -2.42. The van der Waals surface area contributed by atoms with E-state index in [-0.39, 0.29) is 5.41 Å². The molecule has 0 fully saturated rings. The van der Waals surface area contributed by atoms with Gasteiger partial charge in [0.15, 0.2) is 0 Å². The summed E-state index contributed by atoms with van der Waals surface area (Å²) in [6.45, 7) is 10.1. The highest BCUT2D eigenvalue weighted by molar-refractivity contribution is 4.94. The van der Waals surface area contributed by atoms with E-state index in [0.717, 1.165) is 18.8 Å². The van der Waals surface area contributed by atoms with E-state index < -0.39 is 0 Å². The molecule has 1 aromatic rings. The fraction of sp³-hybridized carbons (Fsp3) is 0.750. The monoisotopic (exact) mass is 209 g/mol. The first-order valence-electron chi connectivity index (χ1n) is 5.75. The topological polar surface area (TPSA) is 40.7 Å². The molecule has 15 heavy (non-hydrogen) atoms. The molecule has 1 heterocycles. The highest BCUT2D eigenvalue weighted by Gasteiger charge is 2.24. The molecule has 1 rings (SSSR count). The molecule has 0 aliphatic carbocycles. The van der Waals surface area contributed by atoms with Gasteiger partial charge in [-0.25, -0.2) is 4.98 Å². The van der Waals surface area contributed by atoms with E-state index >= 15 is 0 Å². The molecule has 0 bridgehead atoms. The van der Waals surface area contributed by atoms with Crippen molar-refractivity contribution in [1.82, 2.24) is 15.3 Å². The Labute approximate surface area is 92.7 Å². The average Bonchev–Trinajstić information content (AvgIpc) is 2.62. The van der Waals surface area contributed by atoms with Crippen molar-refractivity contribution < 1.29 is 0 Å². The largest absolute Gasteiger partial charge is 0.349 e. The van der Waals surface area contributed by atoms with Gasteiger partial charge >= 0.3 is 0 Å². The number of rotatable bonds is 5. The van der Waals surface area contributed by atoms with Crippen molar-refractivity contribution in [2.75, 3.05) is 6.54 Å². The summed E-state index contributed by atoms with van der Waals surface area (Å²) < 4.78 is 0. The van der Waals surface area contributed by atoms with Crippen LogP contribution in [0.3, 0.4) is 0 Å². The molecular formula is C12H23N3. The third-order valence-electron chi connectivity index (χ3n) is 2.64. The molecule has 0 aliphatic rings. The minimum atomic E-state index is 0.266. The van der Waals surface area contributed by atoms with Crippen molar-refractivity contribution in [1.29, 1.82) is 0 Å². The lowest BCUT2D eigenvalue weighted by atomic mass is 9.84. The van der Waals surface area contributed by atoms with Crippen LogP contribution < -0.4 is 5.32 Å². The van der Waals surface area contributed by atoms with Crippen LogP contribution >= 0.6 is 0 Å². The summed E-state index contributed by atoms with van der Waals surface area (Å²) in [7, 11) is 0. The summed E-state index contributed by atoms with van der Waals surface area (Å²) in [5.74, 6) is 1.07. The van der Waals surface area contributed by atoms with Crippen LogP contribution in [0.15, 0.2) is 12.4 Å². The van der Waals surface area contributed by atoms with Gasteiger partial charge in [-0.3, -0.25) is 0 Å². The fourth-order valence-corrected chi connectivity index (χ4v) is 1.61. The van der Waals surface area contributed by atoms with Crippen LogP contribution in [0.5, 0.6) is 0 Å². The summed E-state index contributed by atoms with van der Waals surface area (Å²) in [6.07, 6.45) is 5.84.